The Balaban J connectivity index is 0.00000144. The van der Waals surface area contributed by atoms with Gasteiger partial charge in [0.15, 0.2) is 0 Å². The first-order valence-corrected chi connectivity index (χ1v) is 6.20. The predicted octanol–water partition coefficient (Wildman–Crippen LogP) is 3.44. The van der Waals surface area contributed by atoms with E-state index >= 15 is 0 Å². The third-order valence-electron chi connectivity index (χ3n) is 2.74. The van der Waals surface area contributed by atoms with Crippen molar-refractivity contribution in [1.29, 1.82) is 0 Å². The summed E-state index contributed by atoms with van der Waals surface area (Å²) in [5.41, 5.74) is 2.55. The minimum Gasteiger partial charge on any atom is -0.492 e. The Morgan fingerprint density at radius 3 is 2.88 bits per heavy atom. The van der Waals surface area contributed by atoms with Crippen LogP contribution in [0.1, 0.15) is 25.0 Å². The Labute approximate surface area is 114 Å². The smallest absolute Gasteiger partial charge is 0.138 e. The molecule has 2 nitrogen and oxygen atoms in total. The molecule has 2 rings (SSSR count). The van der Waals surface area contributed by atoms with Crippen LogP contribution in [0.4, 0.5) is 0 Å². The van der Waals surface area contributed by atoms with Crippen molar-refractivity contribution in [2.75, 3.05) is 13.2 Å². The molecule has 1 aromatic rings. The van der Waals surface area contributed by atoms with Crippen molar-refractivity contribution in [3.63, 3.8) is 0 Å². The van der Waals surface area contributed by atoms with Crippen LogP contribution in [0.2, 0.25) is 5.02 Å². The van der Waals surface area contributed by atoms with E-state index < -0.39 is 0 Å². The fourth-order valence-electron chi connectivity index (χ4n) is 1.88. The van der Waals surface area contributed by atoms with Crippen molar-refractivity contribution in [1.82, 2.24) is 5.32 Å². The zero-order valence-corrected chi connectivity index (χ0v) is 11.8. The Morgan fingerprint density at radius 2 is 2.18 bits per heavy atom. The monoisotopic (exact) mass is 275 g/mol. The van der Waals surface area contributed by atoms with Crippen LogP contribution in [-0.4, -0.2) is 13.2 Å². The first kappa shape index (κ1) is 14.6. The molecule has 0 atom stereocenters. The number of halogens is 2. The third-order valence-corrected chi connectivity index (χ3v) is 3.16. The molecule has 1 heterocycles. The zero-order chi connectivity index (χ0) is 11.5. The number of hydrogen-bond acceptors (Lipinski definition) is 2. The first-order chi connectivity index (χ1) is 7.68. The standard InChI is InChI=1S/C13H18ClNO.ClH/c1-9(2)8-16-12-4-3-10-7-15-6-5-11(10)13(12)14;/h3-4,9,15H,5-8H2,1-2H3;1H. The second-order valence-corrected chi connectivity index (χ2v) is 5.02. The van der Waals surface area contributed by atoms with E-state index in [2.05, 4.69) is 25.2 Å². The first-order valence-electron chi connectivity index (χ1n) is 5.82. The van der Waals surface area contributed by atoms with Gasteiger partial charge in [-0.25, -0.2) is 0 Å². The van der Waals surface area contributed by atoms with E-state index in [9.17, 15) is 0 Å². The van der Waals surface area contributed by atoms with E-state index in [4.69, 9.17) is 16.3 Å². The maximum Gasteiger partial charge on any atom is 0.138 e. The van der Waals surface area contributed by atoms with E-state index in [1.54, 1.807) is 0 Å². The van der Waals surface area contributed by atoms with Gasteiger partial charge in [0.1, 0.15) is 5.75 Å². The zero-order valence-electron chi connectivity index (χ0n) is 10.3. The number of nitrogens with one attached hydrogen (secondary N) is 1. The molecular formula is C13H19Cl2NO. The minimum absolute atomic E-state index is 0. The van der Waals surface area contributed by atoms with Gasteiger partial charge in [-0.15, -0.1) is 12.4 Å². The molecule has 1 aliphatic rings. The molecule has 1 aliphatic heterocycles. The molecule has 0 aliphatic carbocycles. The Kier molecular flexibility index (Phi) is 5.57. The summed E-state index contributed by atoms with van der Waals surface area (Å²) in [6.45, 7) is 6.91. The Bertz CT molecular complexity index is 380. The summed E-state index contributed by atoms with van der Waals surface area (Å²) in [5.74, 6) is 1.35. The molecule has 1 N–H and O–H groups in total. The molecule has 0 aromatic heterocycles. The second kappa shape index (κ2) is 6.48. The second-order valence-electron chi connectivity index (χ2n) is 4.65. The molecule has 0 spiro atoms. The van der Waals surface area contributed by atoms with Gasteiger partial charge in [-0.2, -0.15) is 0 Å². The van der Waals surface area contributed by atoms with Crippen LogP contribution >= 0.6 is 24.0 Å². The quantitative estimate of drug-likeness (QED) is 0.913. The highest BCUT2D eigenvalue weighted by molar-refractivity contribution is 6.33. The SMILES string of the molecule is CC(C)COc1ccc2c(c1Cl)CCNC2.Cl. The molecule has 0 amide bonds. The van der Waals surface area contributed by atoms with Gasteiger partial charge >= 0.3 is 0 Å². The molecule has 1 aromatic carbocycles. The molecule has 4 heteroatoms. The Morgan fingerprint density at radius 1 is 1.41 bits per heavy atom. The highest BCUT2D eigenvalue weighted by atomic mass is 35.5. The number of ether oxygens (including phenoxy) is 1. The molecular weight excluding hydrogens is 257 g/mol. The predicted molar refractivity (Wildman–Crippen MR) is 74.4 cm³/mol. The van der Waals surface area contributed by atoms with Crippen molar-refractivity contribution < 1.29 is 4.74 Å². The van der Waals surface area contributed by atoms with Gasteiger partial charge < -0.3 is 10.1 Å². The molecule has 0 radical (unpaired) electrons. The minimum atomic E-state index is 0. The summed E-state index contributed by atoms with van der Waals surface area (Å²) in [6, 6.07) is 4.10. The molecule has 0 saturated heterocycles. The number of benzene rings is 1. The number of fused-ring (bicyclic) bond motifs is 1. The van der Waals surface area contributed by atoms with Crippen molar-refractivity contribution in [2.24, 2.45) is 5.92 Å². The van der Waals surface area contributed by atoms with Gasteiger partial charge in [-0.05, 0) is 36.1 Å². The van der Waals surface area contributed by atoms with Crippen molar-refractivity contribution in [3.8, 4) is 5.75 Å². The Hall–Kier alpha value is -0.440. The number of hydrogen-bond donors (Lipinski definition) is 1. The van der Waals surface area contributed by atoms with E-state index in [1.807, 2.05) is 6.07 Å². The van der Waals surface area contributed by atoms with Gasteiger partial charge in [-0.3, -0.25) is 0 Å². The summed E-state index contributed by atoms with van der Waals surface area (Å²) >= 11 is 6.36. The molecule has 0 fully saturated rings. The van der Waals surface area contributed by atoms with Crippen LogP contribution in [-0.2, 0) is 13.0 Å². The summed E-state index contributed by atoms with van der Waals surface area (Å²) in [7, 11) is 0. The summed E-state index contributed by atoms with van der Waals surface area (Å²) in [4.78, 5) is 0. The summed E-state index contributed by atoms with van der Waals surface area (Å²) in [5, 5.41) is 4.14. The van der Waals surface area contributed by atoms with Crippen molar-refractivity contribution >= 4 is 24.0 Å². The third kappa shape index (κ3) is 3.51. The van der Waals surface area contributed by atoms with Crippen LogP contribution in [0, 0.1) is 5.92 Å². The van der Waals surface area contributed by atoms with E-state index in [1.165, 1.54) is 11.1 Å². The van der Waals surface area contributed by atoms with Gasteiger partial charge in [0, 0.05) is 6.54 Å². The van der Waals surface area contributed by atoms with Gasteiger partial charge in [0.25, 0.3) is 0 Å². The lowest BCUT2D eigenvalue weighted by Crippen LogP contribution is -2.24. The fourth-order valence-corrected chi connectivity index (χ4v) is 2.21. The van der Waals surface area contributed by atoms with Gasteiger partial charge in [-0.1, -0.05) is 31.5 Å². The highest BCUT2D eigenvalue weighted by Crippen LogP contribution is 2.32. The summed E-state index contributed by atoms with van der Waals surface area (Å²) in [6.07, 6.45) is 0.993. The highest BCUT2D eigenvalue weighted by Gasteiger charge is 2.15. The fraction of sp³-hybridized carbons (Fsp3) is 0.538. The normalized spacial score (nSPS) is 14.1. The number of rotatable bonds is 3. The van der Waals surface area contributed by atoms with Crippen molar-refractivity contribution in [3.05, 3.63) is 28.3 Å². The lowest BCUT2D eigenvalue weighted by atomic mass is 10.0. The maximum atomic E-state index is 6.36. The van der Waals surface area contributed by atoms with Crippen LogP contribution < -0.4 is 10.1 Å². The maximum absolute atomic E-state index is 6.36. The molecule has 17 heavy (non-hydrogen) atoms. The lowest BCUT2D eigenvalue weighted by molar-refractivity contribution is 0.271. The van der Waals surface area contributed by atoms with Crippen LogP contribution in [0.25, 0.3) is 0 Å². The van der Waals surface area contributed by atoms with Gasteiger partial charge in [0.2, 0.25) is 0 Å². The van der Waals surface area contributed by atoms with Crippen LogP contribution in [0.5, 0.6) is 5.75 Å². The topological polar surface area (TPSA) is 21.3 Å². The average Bonchev–Trinajstić information content (AvgIpc) is 2.28. The van der Waals surface area contributed by atoms with Crippen molar-refractivity contribution in [2.45, 2.75) is 26.8 Å². The molecule has 96 valence electrons. The van der Waals surface area contributed by atoms with Crippen LogP contribution in [0.15, 0.2) is 12.1 Å². The van der Waals surface area contributed by atoms with Gasteiger partial charge in [0.05, 0.1) is 11.6 Å². The molecule has 0 saturated carbocycles. The molecule has 0 unspecified atom stereocenters. The largest absolute Gasteiger partial charge is 0.492 e. The van der Waals surface area contributed by atoms with E-state index in [0.717, 1.165) is 36.9 Å². The lowest BCUT2D eigenvalue weighted by Gasteiger charge is -2.20. The summed E-state index contributed by atoms with van der Waals surface area (Å²) < 4.78 is 5.71. The average molecular weight is 276 g/mol. The van der Waals surface area contributed by atoms with E-state index in [-0.39, 0.29) is 12.4 Å². The van der Waals surface area contributed by atoms with E-state index in [0.29, 0.717) is 5.92 Å². The van der Waals surface area contributed by atoms with Crippen LogP contribution in [0.3, 0.4) is 0 Å². The molecule has 0 bridgehead atoms.